The highest BCUT2D eigenvalue weighted by Gasteiger charge is 2.29. The van der Waals surface area contributed by atoms with Crippen molar-refractivity contribution in [1.29, 1.82) is 0 Å². The Bertz CT molecular complexity index is 245. The van der Waals surface area contributed by atoms with E-state index in [2.05, 4.69) is 0 Å². The molecule has 16 heavy (non-hydrogen) atoms. The highest BCUT2D eigenvalue weighted by atomic mass is 16.2. The van der Waals surface area contributed by atoms with E-state index in [0.29, 0.717) is 12.0 Å². The topological polar surface area (TPSA) is 49.6 Å². The highest BCUT2D eigenvalue weighted by molar-refractivity contribution is 5.74. The van der Waals surface area contributed by atoms with Gasteiger partial charge < -0.3 is 15.5 Å². The molecule has 2 aliphatic rings. The summed E-state index contributed by atoms with van der Waals surface area (Å²) in [6, 6.07) is 0.587. The van der Waals surface area contributed by atoms with Gasteiger partial charge in [-0.3, -0.25) is 0 Å². The predicted octanol–water partition coefficient (Wildman–Crippen LogP) is 1.26. The molecule has 0 spiro atoms. The van der Waals surface area contributed by atoms with Crippen molar-refractivity contribution in [2.45, 2.75) is 38.1 Å². The minimum atomic E-state index is 0.208. The molecule has 1 heterocycles. The normalized spacial score (nSPS) is 29.8. The van der Waals surface area contributed by atoms with Gasteiger partial charge in [-0.15, -0.1) is 0 Å². The van der Waals surface area contributed by atoms with Gasteiger partial charge in [-0.05, 0) is 38.0 Å². The van der Waals surface area contributed by atoms with E-state index in [1.54, 1.807) is 0 Å². The van der Waals surface area contributed by atoms with E-state index in [4.69, 9.17) is 5.73 Å². The van der Waals surface area contributed by atoms with Crippen LogP contribution in [0.25, 0.3) is 0 Å². The van der Waals surface area contributed by atoms with Crippen molar-refractivity contribution < 1.29 is 4.79 Å². The predicted molar refractivity (Wildman–Crippen MR) is 64.1 cm³/mol. The lowest BCUT2D eigenvalue weighted by Crippen LogP contribution is -2.48. The Morgan fingerprint density at radius 2 is 1.94 bits per heavy atom. The molecule has 1 saturated carbocycles. The van der Waals surface area contributed by atoms with Gasteiger partial charge in [-0.2, -0.15) is 0 Å². The van der Waals surface area contributed by atoms with Crippen LogP contribution in [-0.2, 0) is 0 Å². The second-order valence-electron chi connectivity index (χ2n) is 5.31. The van der Waals surface area contributed by atoms with Gasteiger partial charge in [-0.1, -0.05) is 0 Å². The summed E-state index contributed by atoms with van der Waals surface area (Å²) >= 11 is 0. The molecule has 0 atom stereocenters. The Balaban J connectivity index is 1.74. The zero-order chi connectivity index (χ0) is 11.5. The Morgan fingerprint density at radius 1 is 1.31 bits per heavy atom. The van der Waals surface area contributed by atoms with Crippen LogP contribution in [-0.4, -0.2) is 48.6 Å². The fourth-order valence-electron chi connectivity index (χ4n) is 2.73. The second kappa shape index (κ2) is 5.04. The van der Waals surface area contributed by atoms with E-state index in [0.717, 1.165) is 45.3 Å². The Morgan fingerprint density at radius 3 is 2.50 bits per heavy atom. The number of likely N-dealkylation sites (tertiary alicyclic amines) is 1. The molecule has 0 aromatic rings. The summed E-state index contributed by atoms with van der Waals surface area (Å²) in [5.41, 5.74) is 5.75. The van der Waals surface area contributed by atoms with Crippen molar-refractivity contribution in [3.63, 3.8) is 0 Å². The molecule has 0 aromatic carbocycles. The van der Waals surface area contributed by atoms with Crippen LogP contribution >= 0.6 is 0 Å². The molecule has 1 aliphatic carbocycles. The zero-order valence-electron chi connectivity index (χ0n) is 10.2. The summed E-state index contributed by atoms with van der Waals surface area (Å²) < 4.78 is 0. The molecule has 0 unspecified atom stereocenters. The third-order valence-electron chi connectivity index (χ3n) is 3.76. The quantitative estimate of drug-likeness (QED) is 0.769. The molecule has 2 amide bonds. The largest absolute Gasteiger partial charge is 0.328 e. The number of nitrogens with two attached hydrogens (primary N) is 1. The van der Waals surface area contributed by atoms with E-state index in [9.17, 15) is 4.79 Å². The smallest absolute Gasteiger partial charge is 0.319 e. The molecule has 0 radical (unpaired) electrons. The van der Waals surface area contributed by atoms with Gasteiger partial charge in [0.25, 0.3) is 0 Å². The van der Waals surface area contributed by atoms with Crippen molar-refractivity contribution in [1.82, 2.24) is 9.80 Å². The van der Waals surface area contributed by atoms with Crippen LogP contribution in [0.3, 0.4) is 0 Å². The molecule has 4 nitrogen and oxygen atoms in total. The maximum absolute atomic E-state index is 12.1. The van der Waals surface area contributed by atoms with Crippen LogP contribution in [0.4, 0.5) is 4.79 Å². The van der Waals surface area contributed by atoms with E-state index in [-0.39, 0.29) is 6.03 Å². The molecule has 0 aromatic heterocycles. The number of hydrogen-bond acceptors (Lipinski definition) is 2. The van der Waals surface area contributed by atoms with E-state index in [1.165, 1.54) is 6.42 Å². The summed E-state index contributed by atoms with van der Waals surface area (Å²) in [5.74, 6) is 0.633. The van der Waals surface area contributed by atoms with Crippen LogP contribution in [0.1, 0.15) is 32.1 Å². The van der Waals surface area contributed by atoms with Crippen LogP contribution in [0, 0.1) is 5.92 Å². The highest BCUT2D eigenvalue weighted by Crippen LogP contribution is 2.26. The fraction of sp³-hybridized carbons (Fsp3) is 0.917. The van der Waals surface area contributed by atoms with Gasteiger partial charge in [-0.25, -0.2) is 4.79 Å². The molecule has 2 N–H and O–H groups in total. The summed E-state index contributed by atoms with van der Waals surface area (Å²) in [6.45, 7) is 2.75. The van der Waals surface area contributed by atoms with Crippen LogP contribution in [0.5, 0.6) is 0 Å². The maximum Gasteiger partial charge on any atom is 0.319 e. The SMILES string of the molecule is CN(CC1CC(N)C1)C(=O)N1CCCCC1. The first-order valence-corrected chi connectivity index (χ1v) is 6.42. The third-order valence-corrected chi connectivity index (χ3v) is 3.76. The first-order chi connectivity index (χ1) is 7.66. The standard InChI is InChI=1S/C12H23N3O/c1-14(9-10-7-11(13)8-10)12(16)15-5-3-2-4-6-15/h10-11H,2-9,13H2,1H3. The van der Waals surface area contributed by atoms with Gasteiger partial charge in [0.15, 0.2) is 0 Å². The Kier molecular flexibility index (Phi) is 3.69. The maximum atomic E-state index is 12.1. The molecule has 2 rings (SSSR count). The molecular formula is C12H23N3O. The number of carbonyl (C=O) groups is 1. The first-order valence-electron chi connectivity index (χ1n) is 6.42. The molecular weight excluding hydrogens is 202 g/mol. The van der Waals surface area contributed by atoms with Crippen LogP contribution in [0.15, 0.2) is 0 Å². The number of nitrogens with zero attached hydrogens (tertiary/aromatic N) is 2. The van der Waals surface area contributed by atoms with Crippen LogP contribution < -0.4 is 5.73 Å². The summed E-state index contributed by atoms with van der Waals surface area (Å²) in [6.07, 6.45) is 5.75. The zero-order valence-corrected chi connectivity index (χ0v) is 10.2. The lowest BCUT2D eigenvalue weighted by molar-refractivity contribution is 0.132. The lowest BCUT2D eigenvalue weighted by atomic mass is 9.81. The van der Waals surface area contributed by atoms with Gasteiger partial charge in [0.1, 0.15) is 0 Å². The minimum absolute atomic E-state index is 0.208. The molecule has 2 fully saturated rings. The monoisotopic (exact) mass is 225 g/mol. The van der Waals surface area contributed by atoms with Gasteiger partial charge >= 0.3 is 6.03 Å². The van der Waals surface area contributed by atoms with Gasteiger partial charge in [0.05, 0.1) is 0 Å². The van der Waals surface area contributed by atoms with Gasteiger partial charge in [0.2, 0.25) is 0 Å². The minimum Gasteiger partial charge on any atom is -0.328 e. The number of piperidine rings is 1. The molecule has 1 aliphatic heterocycles. The van der Waals surface area contributed by atoms with Crippen molar-refractivity contribution in [2.75, 3.05) is 26.7 Å². The average molecular weight is 225 g/mol. The van der Waals surface area contributed by atoms with Gasteiger partial charge in [0, 0.05) is 32.7 Å². The number of rotatable bonds is 2. The summed E-state index contributed by atoms with van der Waals surface area (Å²) in [5, 5.41) is 0. The van der Waals surface area contributed by atoms with Crippen molar-refractivity contribution in [3.8, 4) is 0 Å². The summed E-state index contributed by atoms with van der Waals surface area (Å²) in [4.78, 5) is 15.9. The fourth-order valence-corrected chi connectivity index (χ4v) is 2.73. The van der Waals surface area contributed by atoms with Crippen molar-refractivity contribution in [3.05, 3.63) is 0 Å². The number of urea groups is 1. The number of carbonyl (C=O) groups excluding carboxylic acids is 1. The Labute approximate surface area is 97.8 Å². The number of hydrogen-bond donors (Lipinski definition) is 1. The first kappa shape index (κ1) is 11.7. The molecule has 92 valence electrons. The van der Waals surface area contributed by atoms with E-state index < -0.39 is 0 Å². The van der Waals surface area contributed by atoms with E-state index >= 15 is 0 Å². The molecule has 1 saturated heterocycles. The molecule has 0 bridgehead atoms. The lowest BCUT2D eigenvalue weighted by Gasteiger charge is -2.37. The summed E-state index contributed by atoms with van der Waals surface area (Å²) in [7, 11) is 1.92. The van der Waals surface area contributed by atoms with Crippen molar-refractivity contribution in [2.24, 2.45) is 11.7 Å². The van der Waals surface area contributed by atoms with Crippen LogP contribution in [0.2, 0.25) is 0 Å². The second-order valence-corrected chi connectivity index (χ2v) is 5.31. The average Bonchev–Trinajstić information content (AvgIpc) is 2.27. The molecule has 4 heteroatoms. The van der Waals surface area contributed by atoms with E-state index in [1.807, 2.05) is 16.8 Å². The number of amides is 2. The van der Waals surface area contributed by atoms with Crippen molar-refractivity contribution >= 4 is 6.03 Å². The Hall–Kier alpha value is -0.770. The third kappa shape index (κ3) is 2.67.